The van der Waals surface area contributed by atoms with Crippen LogP contribution in [0.5, 0.6) is 0 Å². The first kappa shape index (κ1) is 31.2. The largest absolute Gasteiger partial charge is 0.456 e. The summed E-state index contributed by atoms with van der Waals surface area (Å²) in [6, 6.07) is 15.1. The van der Waals surface area contributed by atoms with E-state index in [4.69, 9.17) is 14.2 Å². The van der Waals surface area contributed by atoms with Crippen LogP contribution in [-0.4, -0.2) is 37.3 Å². The quantitative estimate of drug-likeness (QED) is 0.164. The highest BCUT2D eigenvalue weighted by Crippen LogP contribution is 2.35. The van der Waals surface area contributed by atoms with Crippen LogP contribution >= 0.6 is 0 Å². The zero-order chi connectivity index (χ0) is 28.1. The number of alkyl halides is 3. The van der Waals surface area contributed by atoms with Crippen LogP contribution in [0.2, 0.25) is 0 Å². The zero-order valence-corrected chi connectivity index (χ0v) is 23.3. The van der Waals surface area contributed by atoms with Gasteiger partial charge in [-0.25, -0.2) is 4.79 Å². The maximum Gasteiger partial charge on any atom is 0.418 e. The fraction of sp³-hybridized carbons (Fsp3) is 0.594. The molecule has 7 heteroatoms. The smallest absolute Gasteiger partial charge is 0.418 e. The molecule has 1 aliphatic rings. The number of hydrogen-bond acceptors (Lipinski definition) is 4. The summed E-state index contributed by atoms with van der Waals surface area (Å²) in [5.74, 6) is -0.790. The Kier molecular flexibility index (Phi) is 12.8. The van der Waals surface area contributed by atoms with Crippen molar-refractivity contribution < 1.29 is 32.2 Å². The Labute approximate surface area is 231 Å². The predicted molar refractivity (Wildman–Crippen MR) is 148 cm³/mol. The summed E-state index contributed by atoms with van der Waals surface area (Å²) in [4.78, 5) is 12.7. The number of aryl methyl sites for hydroxylation is 1. The minimum absolute atomic E-state index is 0.0264. The third kappa shape index (κ3) is 10.3. The Bertz CT molecular complexity index is 972. The molecule has 1 fully saturated rings. The third-order valence-electron chi connectivity index (χ3n) is 7.18. The van der Waals surface area contributed by atoms with Crippen LogP contribution in [-0.2, 0) is 20.6 Å². The van der Waals surface area contributed by atoms with Crippen LogP contribution in [0, 0.1) is 0 Å². The van der Waals surface area contributed by atoms with Crippen LogP contribution in [0.4, 0.5) is 13.2 Å². The molecule has 216 valence electrons. The van der Waals surface area contributed by atoms with Gasteiger partial charge in [0.1, 0.15) is 6.10 Å². The van der Waals surface area contributed by atoms with Crippen LogP contribution in [0.15, 0.2) is 48.5 Å². The average Bonchev–Trinajstić information content (AvgIpc) is 2.93. The number of carbonyl (C=O) groups is 1. The number of carbonyl (C=O) groups excluding carboxylic acids is 1. The molecular formula is C32H43F3O4. The zero-order valence-electron chi connectivity index (χ0n) is 23.3. The molecule has 0 saturated carbocycles. The summed E-state index contributed by atoms with van der Waals surface area (Å²) in [5.41, 5.74) is 3.45. The van der Waals surface area contributed by atoms with E-state index in [1.807, 2.05) is 0 Å². The van der Waals surface area contributed by atoms with Crippen molar-refractivity contribution >= 4 is 5.97 Å². The lowest BCUT2D eigenvalue weighted by molar-refractivity contribution is -0.311. The predicted octanol–water partition coefficient (Wildman–Crippen LogP) is 9.06. The first-order chi connectivity index (χ1) is 18.8. The molecule has 3 atom stereocenters. The number of hydrogen-bond donors (Lipinski definition) is 0. The summed E-state index contributed by atoms with van der Waals surface area (Å²) in [6.45, 7) is 4.66. The van der Waals surface area contributed by atoms with Gasteiger partial charge in [0, 0.05) is 13.0 Å². The first-order valence-electron chi connectivity index (χ1n) is 14.6. The van der Waals surface area contributed by atoms with Crippen molar-refractivity contribution in [2.24, 2.45) is 0 Å². The summed E-state index contributed by atoms with van der Waals surface area (Å²) < 4.78 is 57.2. The molecule has 0 amide bonds. The van der Waals surface area contributed by atoms with Gasteiger partial charge in [-0.3, -0.25) is 0 Å². The van der Waals surface area contributed by atoms with Crippen LogP contribution in [0.1, 0.15) is 100 Å². The van der Waals surface area contributed by atoms with Gasteiger partial charge in [-0.15, -0.1) is 0 Å². The first-order valence-corrected chi connectivity index (χ1v) is 14.6. The molecule has 1 heterocycles. The Morgan fingerprint density at radius 2 is 1.41 bits per heavy atom. The van der Waals surface area contributed by atoms with Gasteiger partial charge in [-0.05, 0) is 54.5 Å². The maximum absolute atomic E-state index is 13.7. The van der Waals surface area contributed by atoms with E-state index in [9.17, 15) is 18.0 Å². The molecule has 0 unspecified atom stereocenters. The highest BCUT2D eigenvalue weighted by Gasteiger charge is 2.51. The fourth-order valence-electron chi connectivity index (χ4n) is 4.85. The minimum Gasteiger partial charge on any atom is -0.456 e. The Morgan fingerprint density at radius 1 is 0.821 bits per heavy atom. The molecule has 4 nitrogen and oxygen atoms in total. The van der Waals surface area contributed by atoms with Crippen molar-refractivity contribution in [2.45, 2.75) is 116 Å². The number of unbranched alkanes of at least 4 members (excludes halogenated alkanes) is 7. The Hall–Kier alpha value is -2.38. The molecule has 1 aliphatic heterocycles. The summed E-state index contributed by atoms with van der Waals surface area (Å²) >= 11 is 0. The van der Waals surface area contributed by atoms with E-state index in [1.54, 1.807) is 24.3 Å². The van der Waals surface area contributed by atoms with Crippen molar-refractivity contribution in [3.05, 3.63) is 59.7 Å². The number of esters is 1. The Balaban J connectivity index is 1.52. The van der Waals surface area contributed by atoms with Gasteiger partial charge in [0.15, 0.2) is 12.4 Å². The molecule has 0 aromatic heterocycles. The lowest BCUT2D eigenvalue weighted by Crippen LogP contribution is -2.50. The molecular weight excluding hydrogens is 505 g/mol. The standard InChI is InChI=1S/C32H43F3O4/c1-3-5-7-9-10-12-24-13-15-25(16-14-24)26-17-19-27(20-18-26)31(36)38-28-21-22-29(37-23-11-8-6-4-2)39-30(28)32(33,34)35/h13-20,28-30H,3-12,21-23H2,1-2H3/t28-,29+,30-/m0/s1. The lowest BCUT2D eigenvalue weighted by Gasteiger charge is -2.36. The average molecular weight is 549 g/mol. The second-order valence-electron chi connectivity index (χ2n) is 10.4. The van der Waals surface area contributed by atoms with Crippen molar-refractivity contribution in [3.63, 3.8) is 0 Å². The van der Waals surface area contributed by atoms with Crippen LogP contribution < -0.4 is 0 Å². The van der Waals surface area contributed by atoms with Crippen LogP contribution in [0.3, 0.4) is 0 Å². The van der Waals surface area contributed by atoms with Crippen LogP contribution in [0.25, 0.3) is 11.1 Å². The van der Waals surface area contributed by atoms with Gasteiger partial charge in [-0.1, -0.05) is 95.2 Å². The summed E-state index contributed by atoms with van der Waals surface area (Å²) in [7, 11) is 0. The van der Waals surface area contributed by atoms with Gasteiger partial charge in [-0.2, -0.15) is 13.2 Å². The highest BCUT2D eigenvalue weighted by molar-refractivity contribution is 5.90. The lowest BCUT2D eigenvalue weighted by atomic mass is 10.00. The van der Waals surface area contributed by atoms with Crippen molar-refractivity contribution in [2.75, 3.05) is 6.61 Å². The van der Waals surface area contributed by atoms with Crippen molar-refractivity contribution in [3.8, 4) is 11.1 Å². The van der Waals surface area contributed by atoms with Gasteiger partial charge in [0.2, 0.25) is 0 Å². The molecule has 0 aliphatic carbocycles. The number of ether oxygens (including phenoxy) is 3. The monoisotopic (exact) mass is 548 g/mol. The molecule has 0 spiro atoms. The molecule has 3 rings (SSSR count). The summed E-state index contributed by atoms with van der Waals surface area (Å²) in [6.07, 6.45) is 2.21. The maximum atomic E-state index is 13.7. The van der Waals surface area contributed by atoms with Gasteiger partial charge < -0.3 is 14.2 Å². The van der Waals surface area contributed by atoms with E-state index in [0.29, 0.717) is 6.61 Å². The Morgan fingerprint density at radius 3 is 2.03 bits per heavy atom. The number of rotatable bonds is 15. The summed E-state index contributed by atoms with van der Waals surface area (Å²) in [5, 5.41) is 0. The normalized spacial score (nSPS) is 19.7. The van der Waals surface area contributed by atoms with E-state index < -0.39 is 30.6 Å². The third-order valence-corrected chi connectivity index (χ3v) is 7.18. The van der Waals surface area contributed by atoms with E-state index in [2.05, 4.69) is 38.1 Å². The second-order valence-corrected chi connectivity index (χ2v) is 10.4. The van der Waals surface area contributed by atoms with E-state index in [0.717, 1.165) is 43.2 Å². The minimum atomic E-state index is -4.67. The SMILES string of the molecule is CCCCCCCc1ccc(-c2ccc(C(=O)O[C@H]3CC[C@H](OCCCCCC)O[C@@H]3C(F)(F)F)cc2)cc1. The second kappa shape index (κ2) is 16.0. The molecule has 0 N–H and O–H groups in total. The molecule has 1 saturated heterocycles. The number of benzene rings is 2. The molecule has 2 aromatic carbocycles. The fourth-order valence-corrected chi connectivity index (χ4v) is 4.85. The molecule has 0 radical (unpaired) electrons. The van der Waals surface area contributed by atoms with E-state index in [-0.39, 0.29) is 18.4 Å². The topological polar surface area (TPSA) is 44.8 Å². The highest BCUT2D eigenvalue weighted by atomic mass is 19.4. The molecule has 39 heavy (non-hydrogen) atoms. The van der Waals surface area contributed by atoms with Gasteiger partial charge >= 0.3 is 12.1 Å². The van der Waals surface area contributed by atoms with Crippen molar-refractivity contribution in [1.82, 2.24) is 0 Å². The van der Waals surface area contributed by atoms with Gasteiger partial charge in [0.05, 0.1) is 5.56 Å². The molecule has 2 aromatic rings. The molecule has 0 bridgehead atoms. The van der Waals surface area contributed by atoms with Crippen molar-refractivity contribution in [1.29, 1.82) is 0 Å². The van der Waals surface area contributed by atoms with E-state index >= 15 is 0 Å². The number of halogens is 3. The van der Waals surface area contributed by atoms with Gasteiger partial charge in [0.25, 0.3) is 0 Å². The van der Waals surface area contributed by atoms with E-state index in [1.165, 1.54) is 37.7 Å².